The van der Waals surface area contributed by atoms with E-state index in [0.29, 0.717) is 13.2 Å². The van der Waals surface area contributed by atoms with E-state index in [4.69, 9.17) is 21.1 Å². The van der Waals surface area contributed by atoms with Crippen LogP contribution in [0.4, 0.5) is 0 Å². The zero-order valence-corrected chi connectivity index (χ0v) is 12.9. The van der Waals surface area contributed by atoms with Gasteiger partial charge < -0.3 is 14.6 Å². The van der Waals surface area contributed by atoms with Crippen LogP contribution in [0.3, 0.4) is 0 Å². The summed E-state index contributed by atoms with van der Waals surface area (Å²) in [5, 5.41) is 10.5. The van der Waals surface area contributed by atoms with Crippen molar-refractivity contribution in [2.24, 2.45) is 4.99 Å². The van der Waals surface area contributed by atoms with Crippen molar-refractivity contribution in [1.29, 1.82) is 0 Å². The van der Waals surface area contributed by atoms with Crippen molar-refractivity contribution < 1.29 is 19.4 Å². The van der Waals surface area contributed by atoms with Crippen LogP contribution in [0.2, 0.25) is 5.15 Å². The van der Waals surface area contributed by atoms with E-state index in [0.717, 1.165) is 6.42 Å². The van der Waals surface area contributed by atoms with Gasteiger partial charge in [0.25, 0.3) is 0 Å². The van der Waals surface area contributed by atoms with Crippen LogP contribution in [-0.2, 0) is 14.3 Å². The molecule has 118 valence electrons. The fourth-order valence-corrected chi connectivity index (χ4v) is 2.16. The third-order valence-corrected chi connectivity index (χ3v) is 3.39. The highest BCUT2D eigenvalue weighted by Gasteiger charge is 2.20. The van der Waals surface area contributed by atoms with E-state index in [1.54, 1.807) is 19.1 Å². The number of ether oxygens (including phenoxy) is 2. The summed E-state index contributed by atoms with van der Waals surface area (Å²) >= 11 is 5.95. The quantitative estimate of drug-likeness (QED) is 0.296. The molecular weight excluding hydrogens is 308 g/mol. The summed E-state index contributed by atoms with van der Waals surface area (Å²) in [7, 11) is 0. The molecule has 2 heterocycles. The fraction of sp³-hybridized carbons (Fsp3) is 0.400. The molecule has 6 nitrogen and oxygen atoms in total. The molecule has 0 aromatic carbocycles. The van der Waals surface area contributed by atoms with Crippen LogP contribution in [-0.4, -0.2) is 48.1 Å². The van der Waals surface area contributed by atoms with Crippen molar-refractivity contribution in [2.75, 3.05) is 19.8 Å². The van der Waals surface area contributed by atoms with Gasteiger partial charge in [0, 0.05) is 19.0 Å². The van der Waals surface area contributed by atoms with E-state index in [-0.39, 0.29) is 34.7 Å². The van der Waals surface area contributed by atoms with Gasteiger partial charge in [-0.05, 0) is 25.5 Å². The number of nitrogens with zero attached hydrogens (tertiary/aromatic N) is 2. The molecule has 0 bridgehead atoms. The van der Waals surface area contributed by atoms with Gasteiger partial charge in [0.05, 0.1) is 24.8 Å². The Balaban J connectivity index is 2.35. The molecule has 1 aromatic rings. The molecule has 0 aliphatic carbocycles. The first-order valence-electron chi connectivity index (χ1n) is 6.95. The number of rotatable bonds is 5. The van der Waals surface area contributed by atoms with Gasteiger partial charge in [-0.3, -0.25) is 4.99 Å². The van der Waals surface area contributed by atoms with Crippen molar-refractivity contribution in [2.45, 2.75) is 19.4 Å². The minimum atomic E-state index is -0.664. The van der Waals surface area contributed by atoms with Gasteiger partial charge in [0.1, 0.15) is 16.5 Å². The van der Waals surface area contributed by atoms with Gasteiger partial charge >= 0.3 is 5.97 Å². The molecule has 1 aliphatic heterocycles. The van der Waals surface area contributed by atoms with Crippen LogP contribution < -0.4 is 0 Å². The molecule has 7 heteroatoms. The largest absolute Gasteiger partial charge is 0.506 e. The highest BCUT2D eigenvalue weighted by Crippen LogP contribution is 2.22. The van der Waals surface area contributed by atoms with Crippen LogP contribution in [0, 0.1) is 0 Å². The van der Waals surface area contributed by atoms with E-state index in [9.17, 15) is 9.90 Å². The molecular formula is C15H17ClN2O4. The Labute approximate surface area is 133 Å². The molecule has 22 heavy (non-hydrogen) atoms. The average molecular weight is 325 g/mol. The number of aliphatic hydroxyl groups excluding tert-OH is 1. The number of pyridine rings is 1. The molecule has 0 saturated carbocycles. The third-order valence-electron chi connectivity index (χ3n) is 3.08. The van der Waals surface area contributed by atoms with E-state index in [2.05, 4.69) is 9.98 Å². The Morgan fingerprint density at radius 1 is 1.68 bits per heavy atom. The van der Waals surface area contributed by atoms with Crippen LogP contribution in [0.5, 0.6) is 0 Å². The monoisotopic (exact) mass is 324 g/mol. The van der Waals surface area contributed by atoms with Crippen molar-refractivity contribution in [3.8, 4) is 0 Å². The normalized spacial score (nSPS) is 19.3. The minimum absolute atomic E-state index is 0.0263. The Morgan fingerprint density at radius 2 is 2.50 bits per heavy atom. The summed E-state index contributed by atoms with van der Waals surface area (Å²) in [6.45, 7) is 3.02. The van der Waals surface area contributed by atoms with E-state index < -0.39 is 5.97 Å². The standard InChI is InChI=1S/C15H17ClN2O4/c1-2-22-15(20)12(8-18-10-5-7-21-9-10)13(19)11-4-3-6-17-14(11)16/h3-4,6,8,10,19H,2,5,7,9H2,1H3. The summed E-state index contributed by atoms with van der Waals surface area (Å²) in [6, 6.07) is 3.15. The summed E-state index contributed by atoms with van der Waals surface area (Å²) in [4.78, 5) is 20.2. The van der Waals surface area contributed by atoms with Crippen LogP contribution in [0.25, 0.3) is 5.76 Å². The van der Waals surface area contributed by atoms with Crippen molar-refractivity contribution in [1.82, 2.24) is 4.98 Å². The predicted molar refractivity (Wildman–Crippen MR) is 83.1 cm³/mol. The molecule has 0 radical (unpaired) electrons. The second-order valence-corrected chi connectivity index (χ2v) is 4.98. The third kappa shape index (κ3) is 4.05. The van der Waals surface area contributed by atoms with Crippen LogP contribution >= 0.6 is 11.6 Å². The van der Waals surface area contributed by atoms with E-state index >= 15 is 0 Å². The molecule has 1 atom stereocenters. The van der Waals surface area contributed by atoms with Crippen LogP contribution in [0.15, 0.2) is 28.9 Å². The van der Waals surface area contributed by atoms with E-state index in [1.165, 1.54) is 12.4 Å². The van der Waals surface area contributed by atoms with Crippen molar-refractivity contribution in [3.63, 3.8) is 0 Å². The zero-order chi connectivity index (χ0) is 15.9. The molecule has 0 spiro atoms. The van der Waals surface area contributed by atoms with Gasteiger partial charge in [0.15, 0.2) is 0 Å². The topological polar surface area (TPSA) is 81.0 Å². The number of carbonyl (C=O) groups is 1. The highest BCUT2D eigenvalue weighted by molar-refractivity contribution is 6.31. The maximum Gasteiger partial charge on any atom is 0.343 e. The molecule has 2 rings (SSSR count). The Hall–Kier alpha value is -1.92. The van der Waals surface area contributed by atoms with Gasteiger partial charge in [0.2, 0.25) is 0 Å². The van der Waals surface area contributed by atoms with Crippen molar-refractivity contribution >= 4 is 29.5 Å². The first-order chi connectivity index (χ1) is 10.6. The second-order valence-electron chi connectivity index (χ2n) is 4.62. The Bertz CT molecular complexity index is 595. The number of halogens is 1. The first kappa shape index (κ1) is 16.5. The summed E-state index contributed by atoms with van der Waals surface area (Å²) < 4.78 is 10.2. The SMILES string of the molecule is CCOC(=O)C(C=NC1CCOC1)=C(O)c1cccnc1Cl. The lowest BCUT2D eigenvalue weighted by Gasteiger charge is -2.08. The summed E-state index contributed by atoms with van der Waals surface area (Å²) in [6.07, 6.45) is 3.59. The van der Waals surface area contributed by atoms with Gasteiger partial charge in [-0.2, -0.15) is 0 Å². The lowest BCUT2D eigenvalue weighted by molar-refractivity contribution is -0.137. The number of esters is 1. The predicted octanol–water partition coefficient (Wildman–Crippen LogP) is 2.43. The number of aliphatic imine (C=N–C) groups is 1. The smallest absolute Gasteiger partial charge is 0.343 e. The highest BCUT2D eigenvalue weighted by atomic mass is 35.5. The molecule has 1 unspecified atom stereocenters. The lowest BCUT2D eigenvalue weighted by Crippen LogP contribution is -2.13. The fourth-order valence-electron chi connectivity index (χ4n) is 1.95. The zero-order valence-electron chi connectivity index (χ0n) is 12.2. The number of carbonyl (C=O) groups excluding carboxylic acids is 1. The molecule has 0 amide bonds. The Kier molecular flexibility index (Phi) is 5.91. The van der Waals surface area contributed by atoms with Crippen LogP contribution in [0.1, 0.15) is 18.9 Å². The summed E-state index contributed by atoms with van der Waals surface area (Å²) in [5.41, 5.74) is 0.199. The molecule has 1 aliphatic rings. The number of aromatic nitrogens is 1. The number of hydrogen-bond acceptors (Lipinski definition) is 6. The van der Waals surface area contributed by atoms with Crippen molar-refractivity contribution in [3.05, 3.63) is 34.6 Å². The average Bonchev–Trinajstić information content (AvgIpc) is 3.01. The molecule has 1 aromatic heterocycles. The lowest BCUT2D eigenvalue weighted by atomic mass is 10.1. The van der Waals surface area contributed by atoms with Gasteiger partial charge in [-0.1, -0.05) is 11.6 Å². The summed E-state index contributed by atoms with van der Waals surface area (Å²) in [5.74, 6) is -0.971. The molecule has 1 saturated heterocycles. The number of hydrogen-bond donors (Lipinski definition) is 1. The van der Waals surface area contributed by atoms with E-state index in [1.807, 2.05) is 0 Å². The minimum Gasteiger partial charge on any atom is -0.506 e. The Morgan fingerprint density at radius 3 is 3.14 bits per heavy atom. The van der Waals surface area contributed by atoms with Gasteiger partial charge in [-0.15, -0.1) is 0 Å². The maximum absolute atomic E-state index is 12.0. The second kappa shape index (κ2) is 7.91. The maximum atomic E-state index is 12.0. The first-order valence-corrected chi connectivity index (χ1v) is 7.33. The molecule has 1 fully saturated rings. The number of aliphatic hydroxyl groups is 1. The van der Waals surface area contributed by atoms with Gasteiger partial charge in [-0.25, -0.2) is 9.78 Å². The molecule has 1 N–H and O–H groups in total.